The summed E-state index contributed by atoms with van der Waals surface area (Å²) in [5, 5.41) is 2.79. The number of carbonyl (C=O) groups excluding carboxylic acids is 1. The molecular formula is C22H15FN2O4S2. The monoisotopic (exact) mass is 454 g/mol. The van der Waals surface area contributed by atoms with Crippen LogP contribution in [0.4, 0.5) is 4.39 Å². The minimum absolute atomic E-state index is 0.101. The number of benzene rings is 2. The Balaban J connectivity index is 1.42. The number of ether oxygens (including phenoxy) is 2. The summed E-state index contributed by atoms with van der Waals surface area (Å²) in [5.74, 6) is 0.862. The molecule has 0 bridgehead atoms. The second-order valence-electron chi connectivity index (χ2n) is 6.87. The van der Waals surface area contributed by atoms with Gasteiger partial charge in [-0.1, -0.05) is 23.9 Å². The third-order valence-electron chi connectivity index (χ3n) is 4.96. The van der Waals surface area contributed by atoms with Gasteiger partial charge in [0.05, 0.1) is 11.1 Å². The first kappa shape index (κ1) is 19.8. The Hall–Kier alpha value is -3.17. The van der Waals surface area contributed by atoms with Crippen molar-refractivity contribution in [3.05, 3.63) is 69.6 Å². The summed E-state index contributed by atoms with van der Waals surface area (Å²) in [6.07, 6.45) is 0. The summed E-state index contributed by atoms with van der Waals surface area (Å²) in [4.78, 5) is 30.9. The first-order chi connectivity index (χ1) is 15.0. The van der Waals surface area contributed by atoms with E-state index in [-0.39, 0.29) is 29.7 Å². The normalized spacial score (nSPS) is 12.5. The molecule has 6 nitrogen and oxygen atoms in total. The Labute approximate surface area is 184 Å². The lowest BCUT2D eigenvalue weighted by molar-refractivity contribution is 0.102. The van der Waals surface area contributed by atoms with Crippen LogP contribution in [0, 0.1) is 5.82 Å². The van der Waals surface area contributed by atoms with Crippen LogP contribution in [0.1, 0.15) is 10.4 Å². The van der Waals surface area contributed by atoms with Crippen LogP contribution in [0.3, 0.4) is 0 Å². The number of halogens is 1. The number of Topliss-reactive ketones (excluding diaryl/α,β-unsaturated/α-hetero) is 1. The molecule has 0 fully saturated rings. The third-order valence-corrected chi connectivity index (χ3v) is 6.86. The van der Waals surface area contributed by atoms with Crippen molar-refractivity contribution in [3.8, 4) is 22.6 Å². The number of hydrogen-bond acceptors (Lipinski definition) is 7. The van der Waals surface area contributed by atoms with Gasteiger partial charge in [-0.05, 0) is 35.9 Å². The van der Waals surface area contributed by atoms with Gasteiger partial charge in [0.1, 0.15) is 10.6 Å². The summed E-state index contributed by atoms with van der Waals surface area (Å²) in [6, 6.07) is 11.1. The predicted molar refractivity (Wildman–Crippen MR) is 118 cm³/mol. The highest BCUT2D eigenvalue weighted by Gasteiger charge is 2.19. The van der Waals surface area contributed by atoms with Gasteiger partial charge in [0.25, 0.3) is 5.56 Å². The van der Waals surface area contributed by atoms with Gasteiger partial charge in [-0.25, -0.2) is 9.37 Å². The van der Waals surface area contributed by atoms with E-state index in [4.69, 9.17) is 9.47 Å². The number of thiophene rings is 1. The van der Waals surface area contributed by atoms with Gasteiger partial charge in [0.15, 0.2) is 22.4 Å². The fourth-order valence-electron chi connectivity index (χ4n) is 3.31. The van der Waals surface area contributed by atoms with Crippen molar-refractivity contribution < 1.29 is 18.7 Å². The first-order valence-corrected chi connectivity index (χ1v) is 11.2. The molecule has 1 aliphatic rings. The summed E-state index contributed by atoms with van der Waals surface area (Å²) in [5.41, 5.74) is 1.78. The van der Waals surface area contributed by atoms with Gasteiger partial charge >= 0.3 is 0 Å². The SMILES string of the molecule is Cn1c(SCC(=O)c2ccc3c(c2)OCO3)nc2scc(-c3ccc(F)cc3)c2c1=O. The quantitative estimate of drug-likeness (QED) is 0.251. The number of nitrogens with zero attached hydrogens (tertiary/aromatic N) is 2. The Morgan fingerprint density at radius 2 is 1.97 bits per heavy atom. The maximum Gasteiger partial charge on any atom is 0.263 e. The van der Waals surface area contributed by atoms with Crippen LogP contribution < -0.4 is 15.0 Å². The van der Waals surface area contributed by atoms with Crippen LogP contribution >= 0.6 is 23.1 Å². The number of rotatable bonds is 5. The van der Waals surface area contributed by atoms with Crippen LogP contribution in [-0.4, -0.2) is 27.9 Å². The molecule has 0 unspecified atom stereocenters. The molecule has 0 spiro atoms. The molecule has 2 aromatic heterocycles. The van der Waals surface area contributed by atoms with Crippen LogP contribution in [0.5, 0.6) is 11.5 Å². The van der Waals surface area contributed by atoms with Gasteiger partial charge in [0, 0.05) is 23.6 Å². The lowest BCUT2D eigenvalue weighted by Crippen LogP contribution is -2.20. The molecule has 1 aliphatic heterocycles. The van der Waals surface area contributed by atoms with Crippen molar-refractivity contribution in [1.29, 1.82) is 0 Å². The van der Waals surface area contributed by atoms with Gasteiger partial charge < -0.3 is 9.47 Å². The van der Waals surface area contributed by atoms with E-state index in [2.05, 4.69) is 4.98 Å². The van der Waals surface area contributed by atoms with Crippen molar-refractivity contribution in [2.75, 3.05) is 12.5 Å². The van der Waals surface area contributed by atoms with Gasteiger partial charge in [-0.2, -0.15) is 0 Å². The number of hydrogen-bond donors (Lipinski definition) is 0. The molecule has 9 heteroatoms. The van der Waals surface area contributed by atoms with E-state index in [0.717, 1.165) is 11.1 Å². The number of carbonyl (C=O) groups is 1. The molecule has 3 heterocycles. The largest absolute Gasteiger partial charge is 0.454 e. The molecule has 0 saturated heterocycles. The summed E-state index contributed by atoms with van der Waals surface area (Å²) in [6.45, 7) is 0.147. The van der Waals surface area contributed by atoms with E-state index in [1.54, 1.807) is 37.4 Å². The molecular weight excluding hydrogens is 439 g/mol. The van der Waals surface area contributed by atoms with Crippen molar-refractivity contribution in [2.45, 2.75) is 5.16 Å². The predicted octanol–water partition coefficient (Wildman–Crippen LogP) is 4.50. The molecule has 0 aliphatic carbocycles. The second-order valence-corrected chi connectivity index (χ2v) is 8.68. The van der Waals surface area contributed by atoms with E-state index >= 15 is 0 Å². The molecule has 31 heavy (non-hydrogen) atoms. The molecule has 2 aromatic carbocycles. The Morgan fingerprint density at radius 1 is 1.19 bits per heavy atom. The smallest absolute Gasteiger partial charge is 0.263 e. The molecule has 0 radical (unpaired) electrons. The topological polar surface area (TPSA) is 70.4 Å². The lowest BCUT2D eigenvalue weighted by atomic mass is 10.1. The maximum absolute atomic E-state index is 13.3. The summed E-state index contributed by atoms with van der Waals surface area (Å²) < 4.78 is 25.3. The zero-order valence-corrected chi connectivity index (χ0v) is 17.9. The number of thioether (sulfide) groups is 1. The average molecular weight is 455 g/mol. The van der Waals surface area contributed by atoms with Crippen molar-refractivity contribution >= 4 is 39.1 Å². The van der Waals surface area contributed by atoms with Crippen LogP contribution in [0.25, 0.3) is 21.3 Å². The number of ketones is 1. The van der Waals surface area contributed by atoms with E-state index in [0.29, 0.717) is 32.4 Å². The zero-order valence-electron chi connectivity index (χ0n) is 16.3. The van der Waals surface area contributed by atoms with Gasteiger partial charge in [0.2, 0.25) is 6.79 Å². The van der Waals surface area contributed by atoms with E-state index in [1.165, 1.54) is 39.8 Å². The molecule has 0 saturated carbocycles. The summed E-state index contributed by atoms with van der Waals surface area (Å²) >= 11 is 2.55. The summed E-state index contributed by atoms with van der Waals surface area (Å²) in [7, 11) is 1.63. The average Bonchev–Trinajstić information content (AvgIpc) is 3.42. The molecule has 4 aromatic rings. The Bertz CT molecular complexity index is 1380. The molecule has 156 valence electrons. The first-order valence-electron chi connectivity index (χ1n) is 9.31. The standard InChI is InChI=1S/C22H15FN2O4S2/c1-25-21(27)19-15(12-2-5-14(23)6-3-12)9-30-20(19)24-22(25)31-10-16(26)13-4-7-17-18(8-13)29-11-28-17/h2-9H,10-11H2,1H3. The fourth-order valence-corrected chi connectivity index (χ4v) is 5.16. The maximum atomic E-state index is 13.3. The van der Waals surface area contributed by atoms with Crippen molar-refractivity contribution in [2.24, 2.45) is 7.05 Å². The van der Waals surface area contributed by atoms with Crippen molar-refractivity contribution in [3.63, 3.8) is 0 Å². The van der Waals surface area contributed by atoms with Crippen molar-refractivity contribution in [1.82, 2.24) is 9.55 Å². The van der Waals surface area contributed by atoms with Crippen LogP contribution in [0.15, 0.2) is 57.8 Å². The van der Waals surface area contributed by atoms with Crippen LogP contribution in [-0.2, 0) is 7.05 Å². The third kappa shape index (κ3) is 3.60. The van der Waals surface area contributed by atoms with Crippen LogP contribution in [0.2, 0.25) is 0 Å². The fraction of sp³-hybridized carbons (Fsp3) is 0.136. The second kappa shape index (κ2) is 7.82. The van der Waals surface area contributed by atoms with Gasteiger partial charge in [-0.3, -0.25) is 14.2 Å². The van der Waals surface area contributed by atoms with E-state index < -0.39 is 0 Å². The van der Waals surface area contributed by atoms with E-state index in [9.17, 15) is 14.0 Å². The highest BCUT2D eigenvalue weighted by atomic mass is 32.2. The molecule has 0 amide bonds. The number of fused-ring (bicyclic) bond motifs is 2. The molecule has 5 rings (SSSR count). The minimum atomic E-state index is -0.333. The highest BCUT2D eigenvalue weighted by molar-refractivity contribution is 7.99. The molecule has 0 atom stereocenters. The Kier molecular flexibility index (Phi) is 4.99. The zero-order chi connectivity index (χ0) is 21.5. The Morgan fingerprint density at radius 3 is 2.77 bits per heavy atom. The number of aromatic nitrogens is 2. The molecule has 0 N–H and O–H groups in total. The lowest BCUT2D eigenvalue weighted by Gasteiger charge is -2.08. The van der Waals surface area contributed by atoms with Gasteiger partial charge in [-0.15, -0.1) is 11.3 Å². The van der Waals surface area contributed by atoms with E-state index in [1.807, 2.05) is 5.38 Å². The minimum Gasteiger partial charge on any atom is -0.454 e. The highest BCUT2D eigenvalue weighted by Crippen LogP contribution is 2.34.